The number of carboxylic acid groups (broad SMARTS) is 1. The van der Waals surface area contributed by atoms with Crippen molar-refractivity contribution in [1.29, 1.82) is 0 Å². The van der Waals surface area contributed by atoms with Crippen molar-refractivity contribution in [2.24, 2.45) is 5.92 Å². The van der Waals surface area contributed by atoms with Gasteiger partial charge >= 0.3 is 5.97 Å². The Morgan fingerprint density at radius 2 is 2.10 bits per heavy atom. The number of likely N-dealkylation sites (tertiary alicyclic amines) is 1. The van der Waals surface area contributed by atoms with Crippen molar-refractivity contribution in [3.05, 3.63) is 28.8 Å². The number of piperidine rings is 1. The molecule has 3 N–H and O–H groups in total. The largest absolute Gasteiger partial charge is 0.480 e. The van der Waals surface area contributed by atoms with E-state index in [1.165, 1.54) is 17.0 Å². The van der Waals surface area contributed by atoms with E-state index in [2.05, 4.69) is 0 Å². The summed E-state index contributed by atoms with van der Waals surface area (Å²) in [6, 6.07) is 3.79. The first-order chi connectivity index (χ1) is 9.40. The molecule has 6 heteroatoms. The van der Waals surface area contributed by atoms with Crippen LogP contribution in [0.1, 0.15) is 30.1 Å². The van der Waals surface area contributed by atoms with E-state index in [4.69, 9.17) is 17.3 Å². The van der Waals surface area contributed by atoms with Crippen LogP contribution in [0.25, 0.3) is 0 Å². The van der Waals surface area contributed by atoms with Crippen molar-refractivity contribution in [2.45, 2.75) is 25.8 Å². The molecule has 2 rings (SSSR count). The topological polar surface area (TPSA) is 83.6 Å². The second-order valence-electron chi connectivity index (χ2n) is 5.17. The molecular formula is C14H17ClN2O3. The minimum atomic E-state index is -0.972. The summed E-state index contributed by atoms with van der Waals surface area (Å²) >= 11 is 5.89. The standard InChI is InChI=1S/C14H17ClN2O3/c1-8-3-2-4-17(12(8)14(19)20)13(18)9-5-10(15)7-11(16)6-9/h5-8,12H,2-4,16H2,1H3,(H,19,20). The number of nitrogens with two attached hydrogens (primary N) is 1. The predicted molar refractivity (Wildman–Crippen MR) is 76.7 cm³/mol. The Labute approximate surface area is 122 Å². The molecule has 20 heavy (non-hydrogen) atoms. The molecule has 2 atom stereocenters. The van der Waals surface area contributed by atoms with Crippen LogP contribution >= 0.6 is 11.6 Å². The third-order valence-electron chi connectivity index (χ3n) is 3.61. The van der Waals surface area contributed by atoms with Crippen LogP contribution in [-0.2, 0) is 4.79 Å². The molecule has 5 nitrogen and oxygen atoms in total. The summed E-state index contributed by atoms with van der Waals surface area (Å²) in [5.74, 6) is -1.37. The third kappa shape index (κ3) is 2.88. The average Bonchev–Trinajstić information content (AvgIpc) is 2.35. The van der Waals surface area contributed by atoms with Crippen LogP contribution in [0.4, 0.5) is 5.69 Å². The summed E-state index contributed by atoms with van der Waals surface area (Å²) in [6.45, 7) is 2.29. The summed E-state index contributed by atoms with van der Waals surface area (Å²) < 4.78 is 0. The molecule has 1 amide bonds. The van der Waals surface area contributed by atoms with E-state index in [1.54, 1.807) is 6.07 Å². The zero-order chi connectivity index (χ0) is 14.9. The first-order valence-corrected chi connectivity index (χ1v) is 6.88. The number of amides is 1. The van der Waals surface area contributed by atoms with Crippen molar-refractivity contribution >= 4 is 29.2 Å². The second-order valence-corrected chi connectivity index (χ2v) is 5.61. The van der Waals surface area contributed by atoms with Crippen molar-refractivity contribution in [2.75, 3.05) is 12.3 Å². The molecule has 1 aromatic carbocycles. The lowest BCUT2D eigenvalue weighted by molar-refractivity contribution is -0.145. The summed E-state index contributed by atoms with van der Waals surface area (Å²) in [5.41, 5.74) is 6.39. The Bertz CT molecular complexity index is 527. The van der Waals surface area contributed by atoms with E-state index in [9.17, 15) is 14.7 Å². The Hall–Kier alpha value is -1.75. The first-order valence-electron chi connectivity index (χ1n) is 6.50. The van der Waals surface area contributed by atoms with Gasteiger partial charge in [-0.3, -0.25) is 4.79 Å². The minimum absolute atomic E-state index is 0.0678. The second kappa shape index (κ2) is 5.71. The quantitative estimate of drug-likeness (QED) is 0.820. The monoisotopic (exact) mass is 296 g/mol. The van der Waals surface area contributed by atoms with Crippen LogP contribution < -0.4 is 5.73 Å². The fourth-order valence-corrected chi connectivity index (χ4v) is 2.94. The molecule has 1 aromatic rings. The highest BCUT2D eigenvalue weighted by molar-refractivity contribution is 6.31. The highest BCUT2D eigenvalue weighted by Crippen LogP contribution is 2.26. The summed E-state index contributed by atoms with van der Waals surface area (Å²) in [5, 5.41) is 9.71. The van der Waals surface area contributed by atoms with Crippen LogP contribution in [0.2, 0.25) is 5.02 Å². The fourth-order valence-electron chi connectivity index (χ4n) is 2.69. The number of aliphatic carboxylic acids is 1. The van der Waals surface area contributed by atoms with Crippen LogP contribution in [0.15, 0.2) is 18.2 Å². The predicted octanol–water partition coefficient (Wildman–Crippen LogP) is 2.25. The molecule has 0 saturated carbocycles. The van der Waals surface area contributed by atoms with Gasteiger partial charge in [0.1, 0.15) is 6.04 Å². The van der Waals surface area contributed by atoms with Gasteiger partial charge in [0.2, 0.25) is 0 Å². The van der Waals surface area contributed by atoms with Gasteiger partial charge in [-0.2, -0.15) is 0 Å². The molecular weight excluding hydrogens is 280 g/mol. The number of carboxylic acids is 1. The summed E-state index contributed by atoms with van der Waals surface area (Å²) in [6.07, 6.45) is 1.60. The molecule has 0 aromatic heterocycles. The SMILES string of the molecule is CC1CCCN(C(=O)c2cc(N)cc(Cl)c2)C1C(=O)O. The van der Waals surface area contributed by atoms with Crippen LogP contribution in [0.3, 0.4) is 0 Å². The highest BCUT2D eigenvalue weighted by Gasteiger charge is 2.37. The molecule has 1 aliphatic heterocycles. The Morgan fingerprint density at radius 1 is 1.40 bits per heavy atom. The lowest BCUT2D eigenvalue weighted by Gasteiger charge is -2.37. The van der Waals surface area contributed by atoms with E-state index in [0.717, 1.165) is 12.8 Å². The maximum atomic E-state index is 12.5. The number of carbonyl (C=O) groups excluding carboxylic acids is 1. The van der Waals surface area contributed by atoms with Gasteiger partial charge in [-0.1, -0.05) is 18.5 Å². The molecule has 0 radical (unpaired) electrons. The molecule has 1 aliphatic rings. The number of hydrogen-bond acceptors (Lipinski definition) is 3. The molecule has 2 unspecified atom stereocenters. The normalized spacial score (nSPS) is 22.6. The van der Waals surface area contributed by atoms with Crippen molar-refractivity contribution in [3.8, 4) is 0 Å². The molecule has 108 valence electrons. The van der Waals surface area contributed by atoms with E-state index in [-0.39, 0.29) is 11.8 Å². The van der Waals surface area contributed by atoms with Crippen molar-refractivity contribution in [3.63, 3.8) is 0 Å². The van der Waals surface area contributed by atoms with Crippen molar-refractivity contribution < 1.29 is 14.7 Å². The van der Waals surface area contributed by atoms with E-state index >= 15 is 0 Å². The number of carbonyl (C=O) groups is 2. The van der Waals surface area contributed by atoms with Gasteiger partial charge in [0, 0.05) is 22.8 Å². The lowest BCUT2D eigenvalue weighted by atomic mass is 9.90. The third-order valence-corrected chi connectivity index (χ3v) is 3.83. The zero-order valence-corrected chi connectivity index (χ0v) is 11.9. The number of nitrogen functional groups attached to an aromatic ring is 1. The molecule has 0 aliphatic carbocycles. The maximum Gasteiger partial charge on any atom is 0.326 e. The maximum absolute atomic E-state index is 12.5. The van der Waals surface area contributed by atoms with Gasteiger partial charge in [0.05, 0.1) is 0 Å². The number of anilines is 1. The lowest BCUT2D eigenvalue weighted by Crippen LogP contribution is -2.51. The Balaban J connectivity index is 2.32. The van der Waals surface area contributed by atoms with Gasteiger partial charge < -0.3 is 15.7 Å². The van der Waals surface area contributed by atoms with Crippen molar-refractivity contribution in [1.82, 2.24) is 4.90 Å². The summed E-state index contributed by atoms with van der Waals surface area (Å²) in [7, 11) is 0. The first kappa shape index (κ1) is 14.7. The molecule has 0 bridgehead atoms. The van der Waals surface area contributed by atoms with Gasteiger partial charge in [0.25, 0.3) is 5.91 Å². The van der Waals surface area contributed by atoms with Gasteiger partial charge in [-0.15, -0.1) is 0 Å². The van der Waals surface area contributed by atoms with Gasteiger partial charge in [-0.05, 0) is 37.0 Å². The van der Waals surface area contributed by atoms with E-state index in [1.807, 2.05) is 6.92 Å². The van der Waals surface area contributed by atoms with Crippen LogP contribution in [-0.4, -0.2) is 34.5 Å². The zero-order valence-electron chi connectivity index (χ0n) is 11.2. The fraction of sp³-hybridized carbons (Fsp3) is 0.429. The van der Waals surface area contributed by atoms with E-state index < -0.39 is 12.0 Å². The summed E-state index contributed by atoms with van der Waals surface area (Å²) in [4.78, 5) is 25.3. The number of hydrogen-bond donors (Lipinski definition) is 2. The van der Waals surface area contributed by atoms with E-state index in [0.29, 0.717) is 22.8 Å². The molecule has 0 spiro atoms. The molecule has 1 heterocycles. The smallest absolute Gasteiger partial charge is 0.326 e. The number of halogens is 1. The van der Waals surface area contributed by atoms with Gasteiger partial charge in [-0.25, -0.2) is 4.79 Å². The highest BCUT2D eigenvalue weighted by atomic mass is 35.5. The average molecular weight is 297 g/mol. The van der Waals surface area contributed by atoms with Gasteiger partial charge in [0.15, 0.2) is 0 Å². The number of rotatable bonds is 2. The number of nitrogens with zero attached hydrogens (tertiary/aromatic N) is 1. The number of benzene rings is 1. The molecule has 1 fully saturated rings. The Kier molecular flexibility index (Phi) is 4.18. The Morgan fingerprint density at radius 3 is 2.70 bits per heavy atom. The minimum Gasteiger partial charge on any atom is -0.480 e. The molecule has 1 saturated heterocycles. The van der Waals surface area contributed by atoms with Crippen LogP contribution in [0.5, 0.6) is 0 Å². The van der Waals surface area contributed by atoms with Crippen LogP contribution in [0, 0.1) is 5.92 Å².